The molecular weight excluding hydrogens is 243 g/mol. The van der Waals surface area contributed by atoms with Crippen molar-refractivity contribution < 1.29 is 10.2 Å². The zero-order valence-electron chi connectivity index (χ0n) is 10.7. The second-order valence-electron chi connectivity index (χ2n) is 3.46. The molecule has 2 rings (SSSR count). The van der Waals surface area contributed by atoms with Gasteiger partial charge in [-0.25, -0.2) is 0 Å². The average Bonchev–Trinajstić information content (AvgIpc) is 2.41. The molecule has 0 amide bonds. The molecular formula is C15H21O2P. The van der Waals surface area contributed by atoms with Crippen LogP contribution in [0.5, 0.6) is 11.5 Å². The van der Waals surface area contributed by atoms with E-state index in [-0.39, 0.29) is 0 Å². The molecule has 2 N–H and O–H groups in total. The van der Waals surface area contributed by atoms with Crippen molar-refractivity contribution in [1.29, 1.82) is 0 Å². The first-order chi connectivity index (χ1) is 8.70. The lowest BCUT2D eigenvalue weighted by Crippen LogP contribution is -1.56. The minimum Gasteiger partial charge on any atom is -0.508 e. The maximum Gasteiger partial charge on any atom is 0.115 e. The number of aromatic hydroxyl groups is 2. The fourth-order valence-electron chi connectivity index (χ4n) is 0.856. The van der Waals surface area contributed by atoms with E-state index in [0.717, 1.165) is 0 Å². The first kappa shape index (κ1) is 16.5. The molecule has 0 bridgehead atoms. The van der Waals surface area contributed by atoms with Gasteiger partial charge in [-0.05, 0) is 30.4 Å². The molecule has 1 unspecified atom stereocenters. The summed E-state index contributed by atoms with van der Waals surface area (Å²) < 4.78 is 0. The van der Waals surface area contributed by atoms with Gasteiger partial charge in [0.25, 0.3) is 0 Å². The van der Waals surface area contributed by atoms with E-state index in [9.17, 15) is 0 Å². The van der Waals surface area contributed by atoms with Gasteiger partial charge in [-0.2, -0.15) is 0 Å². The van der Waals surface area contributed by atoms with E-state index in [1.807, 2.05) is 12.1 Å². The molecule has 2 aromatic carbocycles. The third-order valence-electron chi connectivity index (χ3n) is 1.80. The number of hydrogen-bond acceptors (Lipinski definition) is 2. The highest BCUT2D eigenvalue weighted by Gasteiger charge is 1.75. The molecule has 2 aromatic rings. The lowest BCUT2D eigenvalue weighted by molar-refractivity contribution is 0.475. The zero-order valence-corrected chi connectivity index (χ0v) is 11.8. The van der Waals surface area contributed by atoms with Crippen LogP contribution >= 0.6 is 9.24 Å². The van der Waals surface area contributed by atoms with Gasteiger partial charge in [-0.1, -0.05) is 49.7 Å². The lowest BCUT2D eigenvalue weighted by Gasteiger charge is -1.82. The van der Waals surface area contributed by atoms with E-state index in [0.29, 0.717) is 11.5 Å². The molecule has 3 heteroatoms. The van der Waals surface area contributed by atoms with Crippen LogP contribution in [-0.2, 0) is 0 Å². The van der Waals surface area contributed by atoms with Crippen LogP contribution in [0.25, 0.3) is 0 Å². The first-order valence-electron chi connectivity index (χ1n) is 5.88. The van der Waals surface area contributed by atoms with Crippen molar-refractivity contribution in [2.75, 3.05) is 6.16 Å². The predicted molar refractivity (Wildman–Crippen MR) is 81.1 cm³/mol. The monoisotopic (exact) mass is 264 g/mol. The number of hydrogen-bond donors (Lipinski definition) is 2. The Labute approximate surface area is 112 Å². The van der Waals surface area contributed by atoms with Gasteiger partial charge in [0.05, 0.1) is 0 Å². The molecule has 0 aliphatic rings. The minimum absolute atomic E-state index is 0.322. The van der Waals surface area contributed by atoms with E-state index >= 15 is 0 Å². The molecule has 2 nitrogen and oxygen atoms in total. The molecule has 0 fully saturated rings. The summed E-state index contributed by atoms with van der Waals surface area (Å²) in [7, 11) is 2.66. The van der Waals surface area contributed by atoms with Crippen molar-refractivity contribution in [1.82, 2.24) is 0 Å². The number of benzene rings is 2. The molecule has 0 saturated heterocycles. The summed E-state index contributed by atoms with van der Waals surface area (Å²) in [6, 6.07) is 17.4. The van der Waals surface area contributed by atoms with Crippen LogP contribution in [0.2, 0.25) is 0 Å². The molecule has 0 aliphatic carbocycles. The number of phenolic OH excluding ortho intramolecular Hbond substituents is 2. The van der Waals surface area contributed by atoms with Gasteiger partial charge < -0.3 is 10.2 Å². The van der Waals surface area contributed by atoms with Crippen LogP contribution in [-0.4, -0.2) is 16.4 Å². The average molecular weight is 264 g/mol. The van der Waals surface area contributed by atoms with Crippen molar-refractivity contribution in [2.24, 2.45) is 0 Å². The summed E-state index contributed by atoms with van der Waals surface area (Å²) >= 11 is 0. The standard InChI is InChI=1S/2C6H6O.C3H9P/c2*7-6-4-2-1-3-5-6;1-2-3-4/h2*1-5,7H;2-4H2,1H3. The Morgan fingerprint density at radius 1 is 0.778 bits per heavy atom. The minimum atomic E-state index is 0.322. The molecule has 1 atom stereocenters. The lowest BCUT2D eigenvalue weighted by atomic mass is 10.3. The summed E-state index contributed by atoms with van der Waals surface area (Å²) in [5.74, 6) is 0.644. The highest BCUT2D eigenvalue weighted by molar-refractivity contribution is 7.16. The number of rotatable bonds is 1. The SMILES string of the molecule is CCCP.Oc1ccccc1.Oc1ccccc1. The van der Waals surface area contributed by atoms with Crippen LogP contribution in [0.3, 0.4) is 0 Å². The highest BCUT2D eigenvalue weighted by atomic mass is 31.0. The normalized spacial score (nSPS) is 8.33. The van der Waals surface area contributed by atoms with Crippen molar-refractivity contribution in [2.45, 2.75) is 13.3 Å². The van der Waals surface area contributed by atoms with Crippen LogP contribution < -0.4 is 0 Å². The van der Waals surface area contributed by atoms with Crippen LogP contribution in [0, 0.1) is 0 Å². The van der Waals surface area contributed by atoms with Gasteiger partial charge in [-0.3, -0.25) is 0 Å². The summed E-state index contributed by atoms with van der Waals surface area (Å²) in [5.41, 5.74) is 0. The smallest absolute Gasteiger partial charge is 0.115 e. The molecule has 0 radical (unpaired) electrons. The Balaban J connectivity index is 0.000000253. The predicted octanol–water partition coefficient (Wildman–Crippen LogP) is 4.06. The molecule has 0 saturated carbocycles. The fraction of sp³-hybridized carbons (Fsp3) is 0.200. The van der Waals surface area contributed by atoms with Crippen molar-refractivity contribution >= 4 is 9.24 Å². The quantitative estimate of drug-likeness (QED) is 0.763. The van der Waals surface area contributed by atoms with Crippen LogP contribution in [0.15, 0.2) is 60.7 Å². The topological polar surface area (TPSA) is 40.5 Å². The Bertz CT molecular complexity index is 337. The van der Waals surface area contributed by atoms with Gasteiger partial charge in [-0.15, -0.1) is 9.24 Å². The molecule has 0 spiro atoms. The fourth-order valence-corrected chi connectivity index (χ4v) is 0.856. The van der Waals surface area contributed by atoms with Gasteiger partial charge in [0.1, 0.15) is 11.5 Å². The van der Waals surface area contributed by atoms with E-state index in [1.54, 1.807) is 48.5 Å². The maximum atomic E-state index is 8.63. The van der Waals surface area contributed by atoms with Crippen molar-refractivity contribution in [3.8, 4) is 11.5 Å². The maximum absolute atomic E-state index is 8.63. The summed E-state index contributed by atoms with van der Waals surface area (Å²) in [4.78, 5) is 0. The third-order valence-corrected chi connectivity index (χ3v) is 2.38. The van der Waals surface area contributed by atoms with Gasteiger partial charge in [0.2, 0.25) is 0 Å². The Kier molecular flexibility index (Phi) is 10.9. The Morgan fingerprint density at radius 2 is 1.06 bits per heavy atom. The second-order valence-corrected chi connectivity index (χ2v) is 4.04. The van der Waals surface area contributed by atoms with E-state index in [4.69, 9.17) is 10.2 Å². The first-order valence-corrected chi connectivity index (χ1v) is 6.70. The second kappa shape index (κ2) is 11.9. The van der Waals surface area contributed by atoms with Crippen LogP contribution in [0.4, 0.5) is 0 Å². The molecule has 0 aliphatic heterocycles. The molecule has 18 heavy (non-hydrogen) atoms. The summed E-state index contributed by atoms with van der Waals surface area (Å²) in [6.45, 7) is 2.16. The third kappa shape index (κ3) is 11.0. The Morgan fingerprint density at radius 3 is 1.17 bits per heavy atom. The van der Waals surface area contributed by atoms with E-state index in [1.165, 1.54) is 12.6 Å². The Hall–Kier alpha value is -1.53. The summed E-state index contributed by atoms with van der Waals surface area (Å²) in [6.07, 6.45) is 2.52. The van der Waals surface area contributed by atoms with Gasteiger partial charge in [0, 0.05) is 0 Å². The molecule has 98 valence electrons. The number of para-hydroxylation sites is 2. The van der Waals surface area contributed by atoms with Crippen molar-refractivity contribution in [3.05, 3.63) is 60.7 Å². The van der Waals surface area contributed by atoms with E-state index < -0.39 is 0 Å². The highest BCUT2D eigenvalue weighted by Crippen LogP contribution is 2.03. The molecule has 0 heterocycles. The number of phenols is 2. The van der Waals surface area contributed by atoms with Gasteiger partial charge >= 0.3 is 0 Å². The van der Waals surface area contributed by atoms with Crippen LogP contribution in [0.1, 0.15) is 13.3 Å². The zero-order chi connectivity index (χ0) is 13.6. The summed E-state index contributed by atoms with van der Waals surface area (Å²) in [5, 5.41) is 17.3. The van der Waals surface area contributed by atoms with Crippen molar-refractivity contribution in [3.63, 3.8) is 0 Å². The molecule has 0 aromatic heterocycles. The largest absolute Gasteiger partial charge is 0.508 e. The van der Waals surface area contributed by atoms with Gasteiger partial charge in [0.15, 0.2) is 0 Å². The van der Waals surface area contributed by atoms with E-state index in [2.05, 4.69) is 16.2 Å².